The Morgan fingerprint density at radius 3 is 2.67 bits per heavy atom. The topological polar surface area (TPSA) is 63.9 Å². The van der Waals surface area contributed by atoms with Crippen LogP contribution >= 0.6 is 11.8 Å². The number of benzene rings is 1. The molecule has 2 aliphatic heterocycles. The van der Waals surface area contributed by atoms with Crippen LogP contribution in [0.1, 0.15) is 16.4 Å². The Morgan fingerprint density at radius 2 is 1.92 bits per heavy atom. The molecule has 1 saturated heterocycles. The summed E-state index contributed by atoms with van der Waals surface area (Å²) >= 11 is 1.51. The van der Waals surface area contributed by atoms with Crippen LogP contribution < -0.4 is 0 Å². The Kier molecular flexibility index (Phi) is 3.86. The van der Waals surface area contributed by atoms with Crippen LogP contribution in [0.25, 0.3) is 0 Å². The van der Waals surface area contributed by atoms with Gasteiger partial charge in [-0.15, -0.1) is 0 Å². The SMILES string of the molecule is O=C(OC1C(n2cccc2)C(=O)N=C2SCCN21)c1ccccc1. The largest absolute Gasteiger partial charge is 0.435 e. The molecule has 4 rings (SSSR count). The Morgan fingerprint density at radius 1 is 1.17 bits per heavy atom. The molecule has 1 aromatic heterocycles. The first kappa shape index (κ1) is 15.0. The van der Waals surface area contributed by atoms with Gasteiger partial charge in [-0.05, 0) is 24.3 Å². The second-order valence-electron chi connectivity index (χ2n) is 5.51. The quantitative estimate of drug-likeness (QED) is 0.801. The van der Waals surface area contributed by atoms with Crippen LogP contribution in [-0.4, -0.2) is 45.0 Å². The monoisotopic (exact) mass is 341 g/mol. The minimum Gasteiger partial charge on any atom is -0.435 e. The van der Waals surface area contributed by atoms with Gasteiger partial charge in [0.05, 0.1) is 5.56 Å². The summed E-state index contributed by atoms with van der Waals surface area (Å²) in [6.45, 7) is 0.696. The minimum absolute atomic E-state index is 0.294. The van der Waals surface area contributed by atoms with E-state index in [9.17, 15) is 9.59 Å². The molecule has 0 radical (unpaired) electrons. The molecule has 2 unspecified atom stereocenters. The molecule has 0 spiro atoms. The molecule has 2 aliphatic rings. The zero-order valence-corrected chi connectivity index (χ0v) is 13.6. The van der Waals surface area contributed by atoms with Crippen LogP contribution in [0.3, 0.4) is 0 Å². The lowest BCUT2D eigenvalue weighted by Gasteiger charge is -2.36. The van der Waals surface area contributed by atoms with Gasteiger partial charge in [0.2, 0.25) is 6.23 Å². The minimum atomic E-state index is -0.694. The van der Waals surface area contributed by atoms with Crippen molar-refractivity contribution in [3.8, 4) is 0 Å². The van der Waals surface area contributed by atoms with Crippen molar-refractivity contribution in [2.45, 2.75) is 12.3 Å². The second-order valence-corrected chi connectivity index (χ2v) is 6.57. The van der Waals surface area contributed by atoms with E-state index in [2.05, 4.69) is 4.99 Å². The van der Waals surface area contributed by atoms with Crippen LogP contribution in [0.5, 0.6) is 0 Å². The standard InChI is InChI=1S/C17H15N3O3S/c21-14-13(19-8-4-5-9-19)15(20-10-11-24-17(20)18-14)23-16(22)12-6-2-1-3-7-12/h1-9,13,15H,10-11H2. The summed E-state index contributed by atoms with van der Waals surface area (Å²) in [5.74, 6) is 0.0885. The molecule has 0 bridgehead atoms. The molecule has 122 valence electrons. The van der Waals surface area contributed by atoms with Crippen LogP contribution in [-0.2, 0) is 9.53 Å². The summed E-state index contributed by atoms with van der Waals surface area (Å²) < 4.78 is 7.49. The third-order valence-electron chi connectivity index (χ3n) is 4.03. The number of aromatic nitrogens is 1. The number of nitrogens with zero attached hydrogens (tertiary/aromatic N) is 3. The summed E-state index contributed by atoms with van der Waals surface area (Å²) in [6, 6.07) is 11.8. The molecular formula is C17H15N3O3S. The average Bonchev–Trinajstić information content (AvgIpc) is 3.27. The number of amides is 1. The molecule has 3 heterocycles. The maximum Gasteiger partial charge on any atom is 0.340 e. The van der Waals surface area contributed by atoms with Gasteiger partial charge in [0.15, 0.2) is 11.2 Å². The average molecular weight is 341 g/mol. The lowest BCUT2D eigenvalue weighted by atomic mass is 10.1. The molecule has 1 aromatic carbocycles. The number of carbonyl (C=O) groups excluding carboxylic acids is 2. The van der Waals surface area contributed by atoms with Crippen LogP contribution in [0, 0.1) is 0 Å². The highest BCUT2D eigenvalue weighted by molar-refractivity contribution is 8.14. The third kappa shape index (κ3) is 2.60. The molecule has 6 nitrogen and oxygen atoms in total. The van der Waals surface area contributed by atoms with E-state index < -0.39 is 18.2 Å². The molecule has 1 fully saturated rings. The maximum absolute atomic E-state index is 12.5. The van der Waals surface area contributed by atoms with Gasteiger partial charge >= 0.3 is 5.97 Å². The molecule has 7 heteroatoms. The predicted octanol–water partition coefficient (Wildman–Crippen LogP) is 2.16. The number of carbonyl (C=O) groups is 2. The molecule has 24 heavy (non-hydrogen) atoms. The summed E-state index contributed by atoms with van der Waals surface area (Å²) in [4.78, 5) is 31.1. The van der Waals surface area contributed by atoms with Crippen molar-refractivity contribution in [2.24, 2.45) is 4.99 Å². The first-order valence-corrected chi connectivity index (χ1v) is 8.63. The van der Waals surface area contributed by atoms with Crippen LogP contribution in [0.2, 0.25) is 0 Å². The number of amidine groups is 1. The summed E-state index contributed by atoms with van der Waals surface area (Å²) in [5, 5.41) is 0.634. The van der Waals surface area contributed by atoms with Crippen molar-refractivity contribution in [3.63, 3.8) is 0 Å². The molecule has 0 aliphatic carbocycles. The molecule has 0 saturated carbocycles. The smallest absolute Gasteiger partial charge is 0.340 e. The van der Waals surface area contributed by atoms with Gasteiger partial charge in [-0.2, -0.15) is 4.99 Å². The number of hydrogen-bond acceptors (Lipinski definition) is 5. The highest BCUT2D eigenvalue weighted by atomic mass is 32.2. The van der Waals surface area contributed by atoms with Gasteiger partial charge in [0, 0.05) is 24.7 Å². The van der Waals surface area contributed by atoms with Crippen molar-refractivity contribution in [3.05, 3.63) is 60.4 Å². The van der Waals surface area contributed by atoms with Gasteiger partial charge in [0.25, 0.3) is 5.91 Å². The molecule has 1 amide bonds. The first-order valence-electron chi connectivity index (χ1n) is 7.64. The van der Waals surface area contributed by atoms with Crippen LogP contribution in [0.15, 0.2) is 59.9 Å². The molecule has 2 atom stereocenters. The number of fused-ring (bicyclic) bond motifs is 1. The zero-order valence-electron chi connectivity index (χ0n) is 12.7. The highest BCUT2D eigenvalue weighted by Gasteiger charge is 2.44. The normalized spacial score (nSPS) is 22.9. The third-order valence-corrected chi connectivity index (χ3v) is 5.00. The number of aliphatic imine (C=N–C) groups is 1. The van der Waals surface area contributed by atoms with E-state index in [-0.39, 0.29) is 5.91 Å². The fourth-order valence-electron chi connectivity index (χ4n) is 2.89. The number of ether oxygens (including phenoxy) is 1. The van der Waals surface area contributed by atoms with Crippen molar-refractivity contribution >= 4 is 28.8 Å². The second kappa shape index (κ2) is 6.16. The molecule has 0 N–H and O–H groups in total. The van der Waals surface area contributed by atoms with E-state index in [4.69, 9.17) is 4.74 Å². The van der Waals surface area contributed by atoms with E-state index in [1.807, 2.05) is 23.1 Å². The Bertz CT molecular complexity index is 789. The van der Waals surface area contributed by atoms with E-state index >= 15 is 0 Å². The molecule has 2 aromatic rings. The summed E-state index contributed by atoms with van der Waals surface area (Å²) in [5.41, 5.74) is 0.465. The van der Waals surface area contributed by atoms with E-state index in [0.717, 1.165) is 5.75 Å². The maximum atomic E-state index is 12.5. The van der Waals surface area contributed by atoms with Crippen molar-refractivity contribution in [2.75, 3.05) is 12.3 Å². The lowest BCUT2D eigenvalue weighted by Crippen LogP contribution is -2.50. The number of esters is 1. The van der Waals surface area contributed by atoms with Gasteiger partial charge in [-0.3, -0.25) is 4.79 Å². The predicted molar refractivity (Wildman–Crippen MR) is 90.7 cm³/mol. The van der Waals surface area contributed by atoms with Crippen LogP contribution in [0.4, 0.5) is 0 Å². The Labute approximate surface area is 143 Å². The van der Waals surface area contributed by atoms with Gasteiger partial charge < -0.3 is 14.2 Å². The fraction of sp³-hybridized carbons (Fsp3) is 0.235. The van der Waals surface area contributed by atoms with Crippen molar-refractivity contribution in [1.29, 1.82) is 0 Å². The first-order chi connectivity index (χ1) is 11.7. The highest BCUT2D eigenvalue weighted by Crippen LogP contribution is 2.33. The summed E-state index contributed by atoms with van der Waals surface area (Å²) in [6.07, 6.45) is 2.88. The van der Waals surface area contributed by atoms with Gasteiger partial charge in [-0.25, -0.2) is 4.79 Å². The van der Waals surface area contributed by atoms with Crippen molar-refractivity contribution < 1.29 is 14.3 Å². The van der Waals surface area contributed by atoms with E-state index in [0.29, 0.717) is 17.3 Å². The van der Waals surface area contributed by atoms with E-state index in [1.165, 1.54) is 11.8 Å². The van der Waals surface area contributed by atoms with E-state index in [1.54, 1.807) is 41.2 Å². The zero-order chi connectivity index (χ0) is 16.5. The Hall–Kier alpha value is -2.54. The van der Waals surface area contributed by atoms with Gasteiger partial charge in [-0.1, -0.05) is 30.0 Å². The number of thioether (sulfide) groups is 1. The number of rotatable bonds is 3. The summed E-state index contributed by atoms with van der Waals surface area (Å²) in [7, 11) is 0. The lowest BCUT2D eigenvalue weighted by molar-refractivity contribution is -0.129. The fourth-order valence-corrected chi connectivity index (χ4v) is 3.87. The van der Waals surface area contributed by atoms with Crippen molar-refractivity contribution in [1.82, 2.24) is 9.47 Å². The number of hydrogen-bond donors (Lipinski definition) is 0. The molecular weight excluding hydrogens is 326 g/mol. The van der Waals surface area contributed by atoms with Gasteiger partial charge in [0.1, 0.15) is 0 Å². The Balaban J connectivity index is 1.67.